The molecular formula is C21H18FN5O2S. The van der Waals surface area contributed by atoms with Gasteiger partial charge >= 0.3 is 0 Å². The third-order valence-corrected chi connectivity index (χ3v) is 5.74. The smallest absolute Gasteiger partial charge is 0.237 e. The zero-order chi connectivity index (χ0) is 20.5. The van der Waals surface area contributed by atoms with Gasteiger partial charge in [-0.2, -0.15) is 4.98 Å². The lowest BCUT2D eigenvalue weighted by Crippen LogP contribution is -2.01. The first-order valence-corrected chi connectivity index (χ1v) is 10.5. The van der Waals surface area contributed by atoms with Gasteiger partial charge in [-0.25, -0.2) is 4.39 Å². The minimum absolute atomic E-state index is 0.298. The molecule has 1 aliphatic rings. The van der Waals surface area contributed by atoms with E-state index < -0.39 is 0 Å². The lowest BCUT2D eigenvalue weighted by molar-refractivity contribution is 0.391. The number of benzene rings is 2. The maximum absolute atomic E-state index is 14.3. The summed E-state index contributed by atoms with van der Waals surface area (Å²) in [5, 5.41) is 13.3. The molecule has 0 radical (unpaired) electrons. The summed E-state index contributed by atoms with van der Waals surface area (Å²) >= 11 is 1.45. The number of rotatable bonds is 7. The second-order valence-electron chi connectivity index (χ2n) is 6.92. The third-order valence-electron chi connectivity index (χ3n) is 4.81. The normalized spacial score (nSPS) is 13.5. The fourth-order valence-corrected chi connectivity index (χ4v) is 4.03. The van der Waals surface area contributed by atoms with Crippen LogP contribution in [0.1, 0.15) is 24.8 Å². The van der Waals surface area contributed by atoms with Gasteiger partial charge in [-0.1, -0.05) is 41.2 Å². The molecule has 0 saturated heterocycles. The second kappa shape index (κ2) is 7.91. The zero-order valence-corrected chi connectivity index (χ0v) is 17.0. The Labute approximate surface area is 176 Å². The number of hydrogen-bond acceptors (Lipinski definition) is 7. The molecule has 9 heteroatoms. The van der Waals surface area contributed by atoms with E-state index in [2.05, 4.69) is 20.3 Å². The van der Waals surface area contributed by atoms with Gasteiger partial charge in [0, 0.05) is 11.6 Å². The Kier molecular flexibility index (Phi) is 4.96. The van der Waals surface area contributed by atoms with Gasteiger partial charge in [0.25, 0.3) is 0 Å². The number of aromatic nitrogens is 5. The number of nitrogens with zero attached hydrogens (tertiary/aromatic N) is 5. The Morgan fingerprint density at radius 1 is 1.17 bits per heavy atom. The maximum Gasteiger partial charge on any atom is 0.237 e. The molecule has 0 atom stereocenters. The molecule has 1 saturated carbocycles. The van der Waals surface area contributed by atoms with E-state index in [0.29, 0.717) is 34.9 Å². The molecule has 1 fully saturated rings. The Balaban J connectivity index is 1.36. The number of thioether (sulfide) groups is 1. The topological polar surface area (TPSA) is 78.9 Å². The van der Waals surface area contributed by atoms with Gasteiger partial charge in [-0.05, 0) is 37.1 Å². The average molecular weight is 423 g/mol. The highest BCUT2D eigenvalue weighted by Crippen LogP contribution is 2.41. The summed E-state index contributed by atoms with van der Waals surface area (Å²) in [5.74, 6) is 2.41. The van der Waals surface area contributed by atoms with Crippen LogP contribution in [-0.2, 0) is 5.75 Å². The predicted octanol–water partition coefficient (Wildman–Crippen LogP) is 4.77. The first-order valence-electron chi connectivity index (χ1n) is 9.52. The predicted molar refractivity (Wildman–Crippen MR) is 110 cm³/mol. The van der Waals surface area contributed by atoms with Crippen molar-refractivity contribution in [1.82, 2.24) is 24.9 Å². The van der Waals surface area contributed by atoms with Crippen LogP contribution in [0.5, 0.6) is 5.75 Å². The Morgan fingerprint density at radius 2 is 2.03 bits per heavy atom. The van der Waals surface area contributed by atoms with Gasteiger partial charge in [0.05, 0.1) is 18.4 Å². The van der Waals surface area contributed by atoms with E-state index in [1.165, 1.54) is 17.8 Å². The largest absolute Gasteiger partial charge is 0.497 e. The molecule has 0 aliphatic heterocycles. The van der Waals surface area contributed by atoms with Crippen molar-refractivity contribution in [3.05, 3.63) is 60.2 Å². The molecule has 0 spiro atoms. The molecule has 2 aromatic carbocycles. The van der Waals surface area contributed by atoms with Crippen LogP contribution in [0.3, 0.4) is 0 Å². The summed E-state index contributed by atoms with van der Waals surface area (Å²) in [4.78, 5) is 4.47. The highest BCUT2D eigenvalue weighted by atomic mass is 32.2. The van der Waals surface area contributed by atoms with Crippen LogP contribution in [-0.4, -0.2) is 32.0 Å². The van der Waals surface area contributed by atoms with Crippen LogP contribution in [0.15, 0.2) is 58.2 Å². The van der Waals surface area contributed by atoms with Gasteiger partial charge in [0.1, 0.15) is 11.6 Å². The molecule has 0 bridgehead atoms. The van der Waals surface area contributed by atoms with Crippen molar-refractivity contribution in [2.45, 2.75) is 29.8 Å². The standard InChI is InChI=1S/C21H18FN5O2S/c1-28-15-6-4-5-13(11-15)19-23-18(29-26-19)12-30-21-25-24-20(27(21)14-9-10-14)16-7-2-3-8-17(16)22/h2-8,11,14H,9-10,12H2,1H3. The first kappa shape index (κ1) is 18.8. The first-order chi connectivity index (χ1) is 14.7. The molecule has 0 N–H and O–H groups in total. The summed E-state index contributed by atoms with van der Waals surface area (Å²) in [5.41, 5.74) is 1.28. The van der Waals surface area contributed by atoms with Crippen molar-refractivity contribution in [2.75, 3.05) is 7.11 Å². The molecule has 2 heterocycles. The minimum Gasteiger partial charge on any atom is -0.497 e. The number of ether oxygens (including phenoxy) is 1. The molecule has 30 heavy (non-hydrogen) atoms. The van der Waals surface area contributed by atoms with E-state index in [-0.39, 0.29) is 5.82 Å². The minimum atomic E-state index is -0.303. The molecule has 152 valence electrons. The van der Waals surface area contributed by atoms with Crippen LogP contribution < -0.4 is 4.74 Å². The molecule has 5 rings (SSSR count). The van der Waals surface area contributed by atoms with Gasteiger partial charge in [0.15, 0.2) is 11.0 Å². The molecule has 0 amide bonds. The quantitative estimate of drug-likeness (QED) is 0.396. The van der Waals surface area contributed by atoms with E-state index in [0.717, 1.165) is 29.3 Å². The van der Waals surface area contributed by atoms with Gasteiger partial charge in [-0.15, -0.1) is 10.2 Å². The van der Waals surface area contributed by atoms with Gasteiger partial charge in [0.2, 0.25) is 11.7 Å². The zero-order valence-electron chi connectivity index (χ0n) is 16.2. The molecule has 2 aromatic heterocycles. The van der Waals surface area contributed by atoms with Crippen molar-refractivity contribution < 1.29 is 13.7 Å². The van der Waals surface area contributed by atoms with Crippen LogP contribution in [0.2, 0.25) is 0 Å². The number of methoxy groups -OCH3 is 1. The number of hydrogen-bond donors (Lipinski definition) is 0. The summed E-state index contributed by atoms with van der Waals surface area (Å²) < 4.78 is 26.9. The number of halogens is 1. The van der Waals surface area contributed by atoms with Crippen LogP contribution in [0, 0.1) is 5.82 Å². The van der Waals surface area contributed by atoms with Crippen molar-refractivity contribution in [1.29, 1.82) is 0 Å². The highest BCUT2D eigenvalue weighted by Gasteiger charge is 2.31. The van der Waals surface area contributed by atoms with Crippen molar-refractivity contribution in [3.8, 4) is 28.5 Å². The van der Waals surface area contributed by atoms with Crippen LogP contribution >= 0.6 is 11.8 Å². The fraction of sp³-hybridized carbons (Fsp3) is 0.238. The van der Waals surface area contributed by atoms with Crippen molar-refractivity contribution >= 4 is 11.8 Å². The lowest BCUT2D eigenvalue weighted by atomic mass is 10.2. The highest BCUT2D eigenvalue weighted by molar-refractivity contribution is 7.98. The van der Waals surface area contributed by atoms with Crippen molar-refractivity contribution in [3.63, 3.8) is 0 Å². The molecular weight excluding hydrogens is 405 g/mol. The van der Waals surface area contributed by atoms with Crippen LogP contribution in [0.25, 0.3) is 22.8 Å². The Bertz CT molecular complexity index is 1190. The monoisotopic (exact) mass is 423 g/mol. The van der Waals surface area contributed by atoms with E-state index in [1.807, 2.05) is 28.8 Å². The van der Waals surface area contributed by atoms with E-state index in [9.17, 15) is 4.39 Å². The fourth-order valence-electron chi connectivity index (χ4n) is 3.18. The van der Waals surface area contributed by atoms with E-state index >= 15 is 0 Å². The van der Waals surface area contributed by atoms with E-state index in [4.69, 9.17) is 9.26 Å². The summed E-state index contributed by atoms with van der Waals surface area (Å²) in [7, 11) is 1.61. The van der Waals surface area contributed by atoms with Crippen molar-refractivity contribution in [2.24, 2.45) is 0 Å². The van der Waals surface area contributed by atoms with Crippen LogP contribution in [0.4, 0.5) is 4.39 Å². The van der Waals surface area contributed by atoms with Gasteiger partial charge in [-0.3, -0.25) is 4.57 Å². The average Bonchev–Trinajstić information content (AvgIpc) is 3.35. The molecule has 4 aromatic rings. The molecule has 0 unspecified atom stereocenters. The summed E-state index contributed by atoms with van der Waals surface area (Å²) in [6, 6.07) is 14.4. The Morgan fingerprint density at radius 3 is 2.83 bits per heavy atom. The van der Waals surface area contributed by atoms with Gasteiger partial charge < -0.3 is 9.26 Å². The summed E-state index contributed by atoms with van der Waals surface area (Å²) in [6.45, 7) is 0. The third kappa shape index (κ3) is 3.68. The Hall–Kier alpha value is -3.20. The second-order valence-corrected chi connectivity index (χ2v) is 7.86. The SMILES string of the molecule is COc1cccc(-c2noc(CSc3nnc(-c4ccccc4F)n3C3CC3)n2)c1. The molecule has 1 aliphatic carbocycles. The molecule has 7 nitrogen and oxygen atoms in total. The van der Waals surface area contributed by atoms with E-state index in [1.54, 1.807) is 25.3 Å². The lowest BCUT2D eigenvalue weighted by Gasteiger charge is -2.08. The maximum atomic E-state index is 14.3. The summed E-state index contributed by atoms with van der Waals surface area (Å²) in [6.07, 6.45) is 2.07.